The van der Waals surface area contributed by atoms with Crippen molar-refractivity contribution >= 4 is 33.9 Å². The molecule has 126 valence electrons. The first-order chi connectivity index (χ1) is 11.6. The van der Waals surface area contributed by atoms with Gasteiger partial charge in [0.1, 0.15) is 11.5 Å². The van der Waals surface area contributed by atoms with Crippen LogP contribution in [0.1, 0.15) is 16.1 Å². The molecule has 3 rings (SSSR count). The molecular weight excluding hydrogens is 378 g/mol. The smallest absolute Gasteiger partial charge is 0.275 e. The van der Waals surface area contributed by atoms with Gasteiger partial charge in [0.15, 0.2) is 5.88 Å². The average molecular weight is 394 g/mol. The molecule has 2 aromatic rings. The largest absolute Gasteiger partial charge is 0.507 e. The van der Waals surface area contributed by atoms with Gasteiger partial charge in [0.2, 0.25) is 0 Å². The van der Waals surface area contributed by atoms with Crippen molar-refractivity contribution in [2.24, 2.45) is 5.10 Å². The van der Waals surface area contributed by atoms with Crippen molar-refractivity contribution in [2.45, 2.75) is 0 Å². The number of nitrogens with one attached hydrogen (secondary N) is 1. The number of ether oxygens (including phenoxy) is 1. The summed E-state index contributed by atoms with van der Waals surface area (Å²) in [6.45, 7) is 2.92. The van der Waals surface area contributed by atoms with Gasteiger partial charge in [-0.1, -0.05) is 15.9 Å². The van der Waals surface area contributed by atoms with Gasteiger partial charge in [-0.3, -0.25) is 4.79 Å². The van der Waals surface area contributed by atoms with Crippen LogP contribution in [0.3, 0.4) is 0 Å². The minimum Gasteiger partial charge on any atom is -0.507 e. The number of halogens is 1. The minimum absolute atomic E-state index is 0.112. The van der Waals surface area contributed by atoms with Gasteiger partial charge in [-0.2, -0.15) is 5.10 Å². The third kappa shape index (κ3) is 3.95. The molecule has 7 nitrogen and oxygen atoms in total. The fourth-order valence-electron chi connectivity index (χ4n) is 2.27. The molecule has 0 unspecified atom stereocenters. The summed E-state index contributed by atoms with van der Waals surface area (Å²) in [5.74, 6) is 0.648. The van der Waals surface area contributed by atoms with Crippen LogP contribution >= 0.6 is 15.9 Å². The Labute approximate surface area is 147 Å². The highest BCUT2D eigenvalue weighted by molar-refractivity contribution is 9.10. The van der Waals surface area contributed by atoms with Crippen LogP contribution in [0.25, 0.3) is 0 Å². The molecule has 1 aliphatic heterocycles. The summed E-state index contributed by atoms with van der Waals surface area (Å²) < 4.78 is 11.7. The molecule has 1 saturated heterocycles. The maximum absolute atomic E-state index is 12.0. The predicted octanol–water partition coefficient (Wildman–Crippen LogP) is 2.35. The van der Waals surface area contributed by atoms with Gasteiger partial charge in [-0.15, -0.1) is 0 Å². The van der Waals surface area contributed by atoms with Crippen LogP contribution in [0.15, 0.2) is 44.3 Å². The van der Waals surface area contributed by atoms with Crippen LogP contribution in [0.5, 0.6) is 5.75 Å². The molecule has 2 N–H and O–H groups in total. The van der Waals surface area contributed by atoms with Gasteiger partial charge in [0.05, 0.1) is 25.0 Å². The van der Waals surface area contributed by atoms with E-state index in [1.807, 2.05) is 6.07 Å². The molecule has 0 bridgehead atoms. The maximum atomic E-state index is 12.0. The van der Waals surface area contributed by atoms with E-state index in [0.717, 1.165) is 19.0 Å². The van der Waals surface area contributed by atoms with Crippen LogP contribution in [-0.4, -0.2) is 43.5 Å². The summed E-state index contributed by atoms with van der Waals surface area (Å²) in [4.78, 5) is 14.1. The molecular formula is C16H16BrN3O4. The Balaban J connectivity index is 1.61. The van der Waals surface area contributed by atoms with Gasteiger partial charge in [0.25, 0.3) is 5.91 Å². The molecule has 1 aromatic heterocycles. The van der Waals surface area contributed by atoms with Crippen molar-refractivity contribution in [3.8, 4) is 5.75 Å². The number of amides is 1. The van der Waals surface area contributed by atoms with Crippen molar-refractivity contribution in [1.29, 1.82) is 0 Å². The zero-order chi connectivity index (χ0) is 16.9. The van der Waals surface area contributed by atoms with E-state index in [0.29, 0.717) is 23.4 Å². The van der Waals surface area contributed by atoms with Gasteiger partial charge < -0.3 is 19.2 Å². The van der Waals surface area contributed by atoms with E-state index in [2.05, 4.69) is 31.4 Å². The van der Waals surface area contributed by atoms with E-state index in [-0.39, 0.29) is 11.3 Å². The Hall–Kier alpha value is -2.32. The topological polar surface area (TPSA) is 87.3 Å². The number of phenolic OH excluding ortho intramolecular Hbond substituents is 1. The molecule has 1 fully saturated rings. The number of carbonyl (C=O) groups is 1. The number of morpholine rings is 1. The highest BCUT2D eigenvalue weighted by Crippen LogP contribution is 2.22. The maximum Gasteiger partial charge on any atom is 0.275 e. The van der Waals surface area contributed by atoms with Crippen LogP contribution in [0, 0.1) is 0 Å². The van der Waals surface area contributed by atoms with E-state index in [1.165, 1.54) is 18.3 Å². The number of rotatable bonds is 4. The van der Waals surface area contributed by atoms with Crippen molar-refractivity contribution in [3.63, 3.8) is 0 Å². The lowest BCUT2D eigenvalue weighted by molar-refractivity contribution is 0.0952. The highest BCUT2D eigenvalue weighted by atomic mass is 79.9. The minimum atomic E-state index is -0.509. The first-order valence-electron chi connectivity index (χ1n) is 7.38. The number of hydrogen-bond donors (Lipinski definition) is 2. The van der Waals surface area contributed by atoms with Crippen molar-refractivity contribution in [2.75, 3.05) is 31.2 Å². The number of hydrazone groups is 1. The summed E-state index contributed by atoms with van der Waals surface area (Å²) in [7, 11) is 0. The number of furan rings is 1. The summed E-state index contributed by atoms with van der Waals surface area (Å²) in [5, 5.41) is 13.6. The van der Waals surface area contributed by atoms with E-state index in [4.69, 9.17) is 9.15 Å². The molecule has 0 aliphatic carbocycles. The summed E-state index contributed by atoms with van der Waals surface area (Å²) in [6, 6.07) is 8.23. The second kappa shape index (κ2) is 7.50. The molecule has 1 amide bonds. The fraction of sp³-hybridized carbons (Fsp3) is 0.250. The van der Waals surface area contributed by atoms with Crippen LogP contribution in [-0.2, 0) is 4.74 Å². The van der Waals surface area contributed by atoms with E-state index in [9.17, 15) is 9.90 Å². The number of benzene rings is 1. The van der Waals surface area contributed by atoms with E-state index in [1.54, 1.807) is 12.1 Å². The molecule has 0 radical (unpaired) electrons. The van der Waals surface area contributed by atoms with Gasteiger partial charge in [0, 0.05) is 23.6 Å². The Morgan fingerprint density at radius 2 is 2.08 bits per heavy atom. The third-order valence-electron chi connectivity index (χ3n) is 3.50. The predicted molar refractivity (Wildman–Crippen MR) is 92.6 cm³/mol. The van der Waals surface area contributed by atoms with Crippen molar-refractivity contribution < 1.29 is 19.1 Å². The SMILES string of the molecule is O=C(N/N=C/c1ccc(N2CCOCC2)o1)c1cc(Br)ccc1O. The number of phenols is 1. The van der Waals surface area contributed by atoms with Gasteiger partial charge in [-0.05, 0) is 24.3 Å². The van der Waals surface area contributed by atoms with Crippen LogP contribution < -0.4 is 10.3 Å². The van der Waals surface area contributed by atoms with Crippen molar-refractivity contribution in [3.05, 3.63) is 46.1 Å². The number of hydrogen-bond acceptors (Lipinski definition) is 6. The third-order valence-corrected chi connectivity index (χ3v) is 3.99. The molecule has 24 heavy (non-hydrogen) atoms. The zero-order valence-corrected chi connectivity index (χ0v) is 14.3. The Morgan fingerprint density at radius 3 is 2.88 bits per heavy atom. The molecule has 0 atom stereocenters. The summed E-state index contributed by atoms with van der Waals surface area (Å²) >= 11 is 3.25. The lowest BCUT2D eigenvalue weighted by Crippen LogP contribution is -2.35. The molecule has 8 heteroatoms. The second-order valence-corrected chi connectivity index (χ2v) is 6.05. The quantitative estimate of drug-likeness (QED) is 0.614. The number of aromatic hydroxyl groups is 1. The number of carbonyl (C=O) groups excluding carboxylic acids is 1. The van der Waals surface area contributed by atoms with E-state index < -0.39 is 5.91 Å². The lowest BCUT2D eigenvalue weighted by atomic mass is 10.2. The first-order valence-corrected chi connectivity index (χ1v) is 8.17. The van der Waals surface area contributed by atoms with Gasteiger partial charge in [-0.25, -0.2) is 5.43 Å². The fourth-order valence-corrected chi connectivity index (χ4v) is 2.63. The Bertz CT molecular complexity index is 754. The zero-order valence-electron chi connectivity index (χ0n) is 12.7. The molecule has 0 saturated carbocycles. The molecule has 0 spiro atoms. The Morgan fingerprint density at radius 1 is 1.29 bits per heavy atom. The van der Waals surface area contributed by atoms with E-state index >= 15 is 0 Å². The molecule has 1 aliphatic rings. The van der Waals surface area contributed by atoms with Crippen molar-refractivity contribution in [1.82, 2.24) is 5.43 Å². The summed E-state index contributed by atoms with van der Waals surface area (Å²) in [5.41, 5.74) is 2.49. The number of anilines is 1. The Kier molecular flexibility index (Phi) is 5.17. The number of nitrogens with zero attached hydrogens (tertiary/aromatic N) is 2. The van der Waals surface area contributed by atoms with Gasteiger partial charge >= 0.3 is 0 Å². The second-order valence-electron chi connectivity index (χ2n) is 5.14. The molecule has 2 heterocycles. The van der Waals surface area contributed by atoms with Crippen LogP contribution in [0.4, 0.5) is 5.88 Å². The molecule has 1 aromatic carbocycles. The summed E-state index contributed by atoms with van der Waals surface area (Å²) in [6.07, 6.45) is 1.41. The monoisotopic (exact) mass is 393 g/mol. The van der Waals surface area contributed by atoms with Crippen LogP contribution in [0.2, 0.25) is 0 Å². The lowest BCUT2D eigenvalue weighted by Gasteiger charge is -2.26. The highest BCUT2D eigenvalue weighted by Gasteiger charge is 2.14. The first kappa shape index (κ1) is 16.5. The standard InChI is InChI=1S/C16H16BrN3O4/c17-11-1-3-14(21)13(9-11)16(22)19-18-10-12-2-4-15(24-12)20-5-7-23-8-6-20/h1-4,9-10,21H,5-8H2,(H,19,22)/b18-10+. The average Bonchev–Trinajstić information content (AvgIpc) is 3.06. The normalized spacial score (nSPS) is 15.0.